The number of nitrogens with one attached hydrogen (secondary N) is 1. The van der Waals surface area contributed by atoms with E-state index >= 15 is 0 Å². The van der Waals surface area contributed by atoms with Gasteiger partial charge in [0.15, 0.2) is 0 Å². The summed E-state index contributed by atoms with van der Waals surface area (Å²) in [5, 5.41) is 3.24. The number of aromatic nitrogens is 1. The highest BCUT2D eigenvalue weighted by molar-refractivity contribution is 5.64. The number of halogens is 1. The van der Waals surface area contributed by atoms with Gasteiger partial charge in [0.25, 0.3) is 0 Å². The van der Waals surface area contributed by atoms with E-state index in [4.69, 9.17) is 0 Å². The van der Waals surface area contributed by atoms with Crippen LogP contribution in [-0.2, 0) is 6.54 Å². The molecule has 1 heterocycles. The fraction of sp³-hybridized carbons (Fsp3) is 0.267. The number of benzene rings is 1. The smallest absolute Gasteiger partial charge is 0.131 e. The molecule has 0 saturated heterocycles. The SMILES string of the molecule is CCNCc1cncc(-c2cc(C)ccc2F)c1. The number of aryl methyl sites for hydroxylation is 1. The predicted octanol–water partition coefficient (Wildman–Crippen LogP) is 3.31. The Morgan fingerprint density at radius 2 is 2.06 bits per heavy atom. The Morgan fingerprint density at radius 3 is 2.83 bits per heavy atom. The summed E-state index contributed by atoms with van der Waals surface area (Å²) < 4.78 is 13.8. The Hall–Kier alpha value is -1.74. The molecule has 0 unspecified atom stereocenters. The van der Waals surface area contributed by atoms with Crippen LogP contribution in [-0.4, -0.2) is 11.5 Å². The molecule has 1 aromatic carbocycles. The molecular weight excluding hydrogens is 227 g/mol. The Labute approximate surface area is 107 Å². The van der Waals surface area contributed by atoms with Gasteiger partial charge >= 0.3 is 0 Å². The highest BCUT2D eigenvalue weighted by atomic mass is 19.1. The summed E-state index contributed by atoms with van der Waals surface area (Å²) in [6, 6.07) is 7.10. The van der Waals surface area contributed by atoms with Gasteiger partial charge in [0.2, 0.25) is 0 Å². The molecule has 0 amide bonds. The van der Waals surface area contributed by atoms with Gasteiger partial charge in [-0.1, -0.05) is 18.6 Å². The van der Waals surface area contributed by atoms with E-state index in [1.54, 1.807) is 18.5 Å². The maximum absolute atomic E-state index is 13.8. The van der Waals surface area contributed by atoms with E-state index < -0.39 is 0 Å². The van der Waals surface area contributed by atoms with Gasteiger partial charge in [0, 0.05) is 30.1 Å². The van der Waals surface area contributed by atoms with Crippen LogP contribution in [0.3, 0.4) is 0 Å². The monoisotopic (exact) mass is 244 g/mol. The summed E-state index contributed by atoms with van der Waals surface area (Å²) in [5.74, 6) is -0.206. The molecule has 94 valence electrons. The van der Waals surface area contributed by atoms with Crippen molar-refractivity contribution < 1.29 is 4.39 Å². The molecule has 1 N–H and O–H groups in total. The van der Waals surface area contributed by atoms with E-state index in [2.05, 4.69) is 17.2 Å². The van der Waals surface area contributed by atoms with Crippen molar-refractivity contribution >= 4 is 0 Å². The maximum Gasteiger partial charge on any atom is 0.131 e. The number of hydrogen-bond acceptors (Lipinski definition) is 2. The molecule has 0 radical (unpaired) electrons. The lowest BCUT2D eigenvalue weighted by Gasteiger charge is -2.07. The molecule has 3 heteroatoms. The van der Waals surface area contributed by atoms with Crippen LogP contribution >= 0.6 is 0 Å². The molecule has 0 atom stereocenters. The summed E-state index contributed by atoms with van der Waals surface area (Å²) in [5.41, 5.74) is 3.55. The summed E-state index contributed by atoms with van der Waals surface area (Å²) in [7, 11) is 0. The van der Waals surface area contributed by atoms with E-state index in [0.717, 1.165) is 29.8 Å². The number of hydrogen-bond donors (Lipinski definition) is 1. The van der Waals surface area contributed by atoms with Crippen LogP contribution in [0.25, 0.3) is 11.1 Å². The number of pyridine rings is 1. The molecule has 2 aromatic rings. The molecule has 0 fully saturated rings. The van der Waals surface area contributed by atoms with Gasteiger partial charge in [-0.2, -0.15) is 0 Å². The minimum Gasteiger partial charge on any atom is -0.313 e. The largest absolute Gasteiger partial charge is 0.313 e. The molecule has 0 aliphatic heterocycles. The molecule has 2 rings (SSSR count). The second-order valence-corrected chi connectivity index (χ2v) is 4.35. The lowest BCUT2D eigenvalue weighted by Crippen LogP contribution is -2.11. The van der Waals surface area contributed by atoms with Crippen molar-refractivity contribution in [1.82, 2.24) is 10.3 Å². The van der Waals surface area contributed by atoms with E-state index in [1.807, 2.05) is 19.1 Å². The average Bonchev–Trinajstić information content (AvgIpc) is 2.39. The number of rotatable bonds is 4. The third kappa shape index (κ3) is 2.93. The van der Waals surface area contributed by atoms with Crippen LogP contribution in [0.15, 0.2) is 36.7 Å². The molecule has 2 nitrogen and oxygen atoms in total. The summed E-state index contributed by atoms with van der Waals surface area (Å²) >= 11 is 0. The minimum atomic E-state index is -0.206. The first-order chi connectivity index (χ1) is 8.70. The van der Waals surface area contributed by atoms with Gasteiger partial charge in [-0.05, 0) is 37.2 Å². The van der Waals surface area contributed by atoms with Crippen molar-refractivity contribution in [1.29, 1.82) is 0 Å². The average molecular weight is 244 g/mol. The maximum atomic E-state index is 13.8. The van der Waals surface area contributed by atoms with Crippen LogP contribution in [0.4, 0.5) is 4.39 Å². The molecule has 0 spiro atoms. The first-order valence-corrected chi connectivity index (χ1v) is 6.12. The predicted molar refractivity (Wildman–Crippen MR) is 71.7 cm³/mol. The van der Waals surface area contributed by atoms with Gasteiger partial charge < -0.3 is 5.32 Å². The molecule has 0 aliphatic rings. The molecule has 1 aromatic heterocycles. The van der Waals surface area contributed by atoms with Crippen molar-refractivity contribution in [3.63, 3.8) is 0 Å². The zero-order valence-corrected chi connectivity index (χ0v) is 10.7. The zero-order chi connectivity index (χ0) is 13.0. The Kier molecular flexibility index (Phi) is 4.05. The van der Waals surface area contributed by atoms with Crippen molar-refractivity contribution in [2.45, 2.75) is 20.4 Å². The quantitative estimate of drug-likeness (QED) is 0.892. The Balaban J connectivity index is 2.35. The zero-order valence-electron chi connectivity index (χ0n) is 10.7. The van der Waals surface area contributed by atoms with Crippen LogP contribution in [0.2, 0.25) is 0 Å². The van der Waals surface area contributed by atoms with Gasteiger partial charge in [-0.3, -0.25) is 4.98 Å². The first kappa shape index (κ1) is 12.7. The van der Waals surface area contributed by atoms with Crippen LogP contribution in [0, 0.1) is 12.7 Å². The molecule has 18 heavy (non-hydrogen) atoms. The fourth-order valence-electron chi connectivity index (χ4n) is 1.86. The van der Waals surface area contributed by atoms with Crippen LogP contribution in [0.1, 0.15) is 18.1 Å². The van der Waals surface area contributed by atoms with Gasteiger partial charge in [-0.15, -0.1) is 0 Å². The second kappa shape index (κ2) is 5.74. The summed E-state index contributed by atoms with van der Waals surface area (Å²) in [6.07, 6.45) is 3.51. The van der Waals surface area contributed by atoms with Crippen LogP contribution < -0.4 is 5.32 Å². The highest BCUT2D eigenvalue weighted by Crippen LogP contribution is 2.23. The number of nitrogens with zero attached hydrogens (tertiary/aromatic N) is 1. The first-order valence-electron chi connectivity index (χ1n) is 6.12. The topological polar surface area (TPSA) is 24.9 Å². The third-order valence-electron chi connectivity index (χ3n) is 2.81. The van der Waals surface area contributed by atoms with Crippen molar-refractivity contribution in [2.24, 2.45) is 0 Å². The molecule has 0 saturated carbocycles. The molecular formula is C15H17FN2. The van der Waals surface area contributed by atoms with Crippen molar-refractivity contribution in [3.05, 3.63) is 53.6 Å². The lowest BCUT2D eigenvalue weighted by molar-refractivity contribution is 0.630. The van der Waals surface area contributed by atoms with E-state index in [9.17, 15) is 4.39 Å². The normalized spacial score (nSPS) is 10.6. The molecule has 0 bridgehead atoms. The second-order valence-electron chi connectivity index (χ2n) is 4.35. The van der Waals surface area contributed by atoms with Crippen molar-refractivity contribution in [3.8, 4) is 11.1 Å². The van der Waals surface area contributed by atoms with Crippen molar-refractivity contribution in [2.75, 3.05) is 6.54 Å². The highest BCUT2D eigenvalue weighted by Gasteiger charge is 2.06. The Bertz CT molecular complexity index is 538. The standard InChI is InChI=1S/C15H17FN2/c1-3-17-8-12-7-13(10-18-9-12)14-6-11(2)4-5-15(14)16/h4-7,9-10,17H,3,8H2,1-2H3. The third-order valence-corrected chi connectivity index (χ3v) is 2.81. The van der Waals surface area contributed by atoms with Crippen LogP contribution in [0.5, 0.6) is 0 Å². The van der Waals surface area contributed by atoms with Gasteiger partial charge in [-0.25, -0.2) is 4.39 Å². The Morgan fingerprint density at radius 1 is 1.22 bits per heavy atom. The summed E-state index contributed by atoms with van der Waals surface area (Å²) in [4.78, 5) is 4.18. The van der Waals surface area contributed by atoms with E-state index in [-0.39, 0.29) is 5.82 Å². The lowest BCUT2D eigenvalue weighted by atomic mass is 10.0. The van der Waals surface area contributed by atoms with Gasteiger partial charge in [0.1, 0.15) is 5.82 Å². The summed E-state index contributed by atoms with van der Waals surface area (Å²) in [6.45, 7) is 5.67. The fourth-order valence-corrected chi connectivity index (χ4v) is 1.86. The van der Waals surface area contributed by atoms with E-state index in [0.29, 0.717) is 5.56 Å². The molecule has 0 aliphatic carbocycles. The van der Waals surface area contributed by atoms with E-state index in [1.165, 1.54) is 6.07 Å². The minimum absolute atomic E-state index is 0.206. The van der Waals surface area contributed by atoms with Gasteiger partial charge in [0.05, 0.1) is 0 Å².